The molecule has 6 aromatic carbocycles. The topological polar surface area (TPSA) is 26.3 Å². The Balaban J connectivity index is 1.24. The molecule has 0 aliphatic carbocycles. The molecule has 9 aromatic rings. The smallest absolute Gasteiger partial charge is 0.135 e. The summed E-state index contributed by atoms with van der Waals surface area (Å²) < 4.78 is 12.1. The van der Waals surface area contributed by atoms with Crippen molar-refractivity contribution in [3.05, 3.63) is 168 Å². The Labute approximate surface area is 275 Å². The molecule has 0 N–H and O–H groups in total. The lowest BCUT2D eigenvalue weighted by Gasteiger charge is -2.00. The van der Waals surface area contributed by atoms with Gasteiger partial charge in [0, 0.05) is 32.7 Å². The average Bonchev–Trinajstić information content (AvgIpc) is 3.81. The lowest BCUT2D eigenvalue weighted by molar-refractivity contribution is 0.668. The van der Waals surface area contributed by atoms with Gasteiger partial charge in [0.1, 0.15) is 22.3 Å². The van der Waals surface area contributed by atoms with Crippen molar-refractivity contribution >= 4 is 55.2 Å². The predicted octanol–water partition coefficient (Wildman–Crippen LogP) is 11.7. The van der Waals surface area contributed by atoms with Crippen LogP contribution in [0.4, 0.5) is 0 Å². The summed E-state index contributed by atoms with van der Waals surface area (Å²) >= 11 is 1.74. The van der Waals surface area contributed by atoms with E-state index in [4.69, 9.17) is 8.83 Å². The number of hydrogen-bond acceptors (Lipinski definition) is 3. The molecule has 0 radical (unpaired) electrons. The highest BCUT2D eigenvalue weighted by molar-refractivity contribution is 7.19. The van der Waals surface area contributed by atoms with E-state index in [-0.39, 0.29) is 0 Å². The maximum absolute atomic E-state index is 6.07. The Morgan fingerprint density at radius 2 is 0.766 bits per heavy atom. The third kappa shape index (κ3) is 4.88. The molecule has 47 heavy (non-hydrogen) atoms. The van der Waals surface area contributed by atoms with Gasteiger partial charge in [0.15, 0.2) is 0 Å². The van der Waals surface area contributed by atoms with Crippen LogP contribution in [0.1, 0.15) is 22.3 Å². The summed E-state index contributed by atoms with van der Waals surface area (Å²) in [6.45, 7) is 0. The molecule has 0 saturated heterocycles. The number of benzene rings is 6. The van der Waals surface area contributed by atoms with Gasteiger partial charge in [0.25, 0.3) is 0 Å². The predicted molar refractivity (Wildman–Crippen MR) is 195 cm³/mol. The molecule has 0 aliphatic rings. The van der Waals surface area contributed by atoms with Crippen LogP contribution in [0.3, 0.4) is 0 Å². The summed E-state index contributed by atoms with van der Waals surface area (Å²) in [5, 5.41) is 4.31. The van der Waals surface area contributed by atoms with E-state index in [0.29, 0.717) is 0 Å². The fourth-order valence-electron chi connectivity index (χ4n) is 6.13. The molecule has 3 aromatic heterocycles. The third-order valence-corrected chi connectivity index (χ3v) is 9.69. The fraction of sp³-hybridized carbons (Fsp3) is 0. The van der Waals surface area contributed by atoms with Gasteiger partial charge in [-0.25, -0.2) is 0 Å². The fourth-order valence-corrected chi connectivity index (χ4v) is 7.35. The minimum absolute atomic E-state index is 0.859. The Kier molecular flexibility index (Phi) is 6.50. The van der Waals surface area contributed by atoms with Crippen LogP contribution in [-0.4, -0.2) is 0 Å². The SMILES string of the molecule is C(#Cc1c(-c2ccccc2)sc(-c2ccccc2)c1C#Cc1ccc2oc3ccccc3c2c1)c1ccc2oc3ccccc3c2c1. The number of thiophene rings is 1. The summed E-state index contributed by atoms with van der Waals surface area (Å²) in [7, 11) is 0. The Morgan fingerprint density at radius 3 is 1.23 bits per heavy atom. The van der Waals surface area contributed by atoms with E-state index >= 15 is 0 Å². The van der Waals surface area contributed by atoms with Gasteiger partial charge in [0.2, 0.25) is 0 Å². The van der Waals surface area contributed by atoms with Crippen molar-refractivity contribution in [2.75, 3.05) is 0 Å². The maximum Gasteiger partial charge on any atom is 0.135 e. The zero-order valence-corrected chi connectivity index (χ0v) is 25.9. The Morgan fingerprint density at radius 1 is 0.362 bits per heavy atom. The number of fused-ring (bicyclic) bond motifs is 6. The molecule has 0 saturated carbocycles. The first kappa shape index (κ1) is 27.1. The van der Waals surface area contributed by atoms with Gasteiger partial charge < -0.3 is 8.83 Å². The van der Waals surface area contributed by atoms with Crippen molar-refractivity contribution in [1.29, 1.82) is 0 Å². The second-order valence-electron chi connectivity index (χ2n) is 11.4. The van der Waals surface area contributed by atoms with Crippen LogP contribution in [0.2, 0.25) is 0 Å². The van der Waals surface area contributed by atoms with E-state index in [1.165, 1.54) is 0 Å². The third-order valence-electron chi connectivity index (χ3n) is 8.40. The Hall–Kier alpha value is -6.26. The minimum Gasteiger partial charge on any atom is -0.456 e. The van der Waals surface area contributed by atoms with Crippen LogP contribution >= 0.6 is 11.3 Å². The molecule has 218 valence electrons. The quantitative estimate of drug-likeness (QED) is 0.181. The second kappa shape index (κ2) is 11.3. The summed E-state index contributed by atoms with van der Waals surface area (Å²) in [5.41, 5.74) is 9.42. The summed E-state index contributed by atoms with van der Waals surface area (Å²) in [5.74, 6) is 14.2. The standard InChI is InChI=1S/C44H24O2S/c1-3-11-31(12-4-1)43-35(23-19-29-21-25-41-37(27-29)33-15-7-9-17-39(33)45-41)36(44(47-43)32-13-5-2-6-14-32)24-20-30-22-26-42-38(28-30)34-16-8-10-18-40(34)46-42/h1-18,21-22,25-28H. The number of hydrogen-bond donors (Lipinski definition) is 0. The van der Waals surface area contributed by atoms with Gasteiger partial charge in [-0.15, -0.1) is 11.3 Å². The van der Waals surface area contributed by atoms with Crippen molar-refractivity contribution in [3.8, 4) is 44.6 Å². The molecule has 2 nitrogen and oxygen atoms in total. The molecule has 0 unspecified atom stereocenters. The van der Waals surface area contributed by atoms with Crippen LogP contribution in [0.25, 0.3) is 64.8 Å². The number of rotatable bonds is 2. The average molecular weight is 617 g/mol. The van der Waals surface area contributed by atoms with E-state index in [9.17, 15) is 0 Å². The lowest BCUT2D eigenvalue weighted by atomic mass is 10.0. The molecule has 9 rings (SSSR count). The zero-order valence-electron chi connectivity index (χ0n) is 25.1. The molecule has 3 heteroatoms. The monoisotopic (exact) mass is 616 g/mol. The molecular formula is C44H24O2S. The highest BCUT2D eigenvalue weighted by Gasteiger charge is 2.19. The molecule has 0 aliphatic heterocycles. The molecule has 3 heterocycles. The van der Waals surface area contributed by atoms with E-state index < -0.39 is 0 Å². The number of furan rings is 2. The van der Waals surface area contributed by atoms with Crippen LogP contribution in [0.15, 0.2) is 154 Å². The second-order valence-corrected chi connectivity index (χ2v) is 12.4. The first-order chi connectivity index (χ1) is 23.3. The molecule has 0 amide bonds. The van der Waals surface area contributed by atoms with E-state index in [2.05, 4.69) is 96.5 Å². The molecular weight excluding hydrogens is 593 g/mol. The van der Waals surface area contributed by atoms with Crippen molar-refractivity contribution < 1.29 is 8.83 Å². The van der Waals surface area contributed by atoms with Gasteiger partial charge in [-0.2, -0.15) is 0 Å². The van der Waals surface area contributed by atoms with Crippen molar-refractivity contribution in [2.45, 2.75) is 0 Å². The van der Waals surface area contributed by atoms with Gasteiger partial charge in [-0.1, -0.05) is 121 Å². The van der Waals surface area contributed by atoms with Crippen molar-refractivity contribution in [3.63, 3.8) is 0 Å². The van der Waals surface area contributed by atoms with Crippen LogP contribution in [0.5, 0.6) is 0 Å². The lowest BCUT2D eigenvalue weighted by Crippen LogP contribution is -1.85. The van der Waals surface area contributed by atoms with Gasteiger partial charge in [0.05, 0.1) is 20.9 Å². The van der Waals surface area contributed by atoms with Crippen LogP contribution < -0.4 is 0 Å². The molecule has 0 fully saturated rings. The van der Waals surface area contributed by atoms with Gasteiger partial charge in [-0.05, 0) is 59.7 Å². The van der Waals surface area contributed by atoms with E-state index in [1.807, 2.05) is 72.8 Å². The molecule has 0 bridgehead atoms. The summed E-state index contributed by atoms with van der Waals surface area (Å²) in [6.07, 6.45) is 0. The largest absolute Gasteiger partial charge is 0.456 e. The van der Waals surface area contributed by atoms with Crippen molar-refractivity contribution in [1.82, 2.24) is 0 Å². The summed E-state index contributed by atoms with van der Waals surface area (Å²) in [6, 6.07) is 49.5. The maximum atomic E-state index is 6.07. The first-order valence-electron chi connectivity index (χ1n) is 15.4. The number of para-hydroxylation sites is 2. The van der Waals surface area contributed by atoms with E-state index in [1.54, 1.807) is 11.3 Å². The normalized spacial score (nSPS) is 11.1. The zero-order chi connectivity index (χ0) is 31.2. The van der Waals surface area contributed by atoms with Gasteiger partial charge >= 0.3 is 0 Å². The van der Waals surface area contributed by atoms with Gasteiger partial charge in [-0.3, -0.25) is 0 Å². The summed E-state index contributed by atoms with van der Waals surface area (Å²) in [4.78, 5) is 2.21. The van der Waals surface area contributed by atoms with Crippen molar-refractivity contribution in [2.24, 2.45) is 0 Å². The van der Waals surface area contributed by atoms with E-state index in [0.717, 1.165) is 87.0 Å². The highest BCUT2D eigenvalue weighted by Crippen LogP contribution is 2.42. The molecule has 0 atom stereocenters. The first-order valence-corrected chi connectivity index (χ1v) is 16.2. The van der Waals surface area contributed by atoms with Crippen LogP contribution in [0, 0.1) is 23.7 Å². The highest BCUT2D eigenvalue weighted by atomic mass is 32.1. The Bertz CT molecular complexity index is 2550. The minimum atomic E-state index is 0.859. The molecule has 0 spiro atoms. The van der Waals surface area contributed by atoms with Crippen LogP contribution in [-0.2, 0) is 0 Å².